The van der Waals surface area contributed by atoms with E-state index in [-0.39, 0.29) is 12.0 Å². The van der Waals surface area contributed by atoms with Crippen LogP contribution in [0.15, 0.2) is 0 Å². The molecule has 3 heteroatoms. The lowest BCUT2D eigenvalue weighted by molar-refractivity contribution is -0.139. The number of aliphatic carboxylic acids is 1. The van der Waals surface area contributed by atoms with Gasteiger partial charge in [-0.25, -0.2) is 0 Å². The van der Waals surface area contributed by atoms with E-state index in [9.17, 15) is 4.79 Å². The first-order chi connectivity index (χ1) is 6.68. The van der Waals surface area contributed by atoms with Crippen molar-refractivity contribution in [3.8, 4) is 0 Å². The van der Waals surface area contributed by atoms with E-state index in [4.69, 9.17) is 5.11 Å². The lowest BCUT2D eigenvalue weighted by atomic mass is 9.81. The Kier molecular flexibility index (Phi) is 4.39. The van der Waals surface area contributed by atoms with Crippen LogP contribution in [0, 0.1) is 0 Å². The maximum Gasteiger partial charge on any atom is 0.305 e. The predicted octanol–water partition coefficient (Wildman–Crippen LogP) is 2.16. The summed E-state index contributed by atoms with van der Waals surface area (Å²) in [5, 5.41) is 12.1. The SMILES string of the molecule is CNC1(CC(=O)O)CCCCCCC1. The summed E-state index contributed by atoms with van der Waals surface area (Å²) in [6, 6.07) is 0. The monoisotopic (exact) mass is 199 g/mol. The number of hydrogen-bond acceptors (Lipinski definition) is 2. The normalized spacial score (nSPS) is 22.4. The number of carboxylic acid groups (broad SMARTS) is 1. The lowest BCUT2D eigenvalue weighted by Gasteiger charge is -2.34. The van der Waals surface area contributed by atoms with Crippen molar-refractivity contribution in [2.75, 3.05) is 7.05 Å². The third kappa shape index (κ3) is 3.29. The van der Waals surface area contributed by atoms with Crippen LogP contribution >= 0.6 is 0 Å². The van der Waals surface area contributed by atoms with Gasteiger partial charge in [-0.2, -0.15) is 0 Å². The predicted molar refractivity (Wildman–Crippen MR) is 56.4 cm³/mol. The molecular formula is C11H21NO2. The highest BCUT2D eigenvalue weighted by atomic mass is 16.4. The smallest absolute Gasteiger partial charge is 0.305 e. The van der Waals surface area contributed by atoms with Crippen molar-refractivity contribution in [3.05, 3.63) is 0 Å². The van der Waals surface area contributed by atoms with Gasteiger partial charge in [0.2, 0.25) is 0 Å². The molecule has 0 amide bonds. The van der Waals surface area contributed by atoms with Crippen molar-refractivity contribution in [1.82, 2.24) is 5.32 Å². The number of carboxylic acids is 1. The average molecular weight is 199 g/mol. The van der Waals surface area contributed by atoms with Gasteiger partial charge in [0, 0.05) is 5.54 Å². The fourth-order valence-corrected chi connectivity index (χ4v) is 2.39. The molecule has 0 aromatic heterocycles. The number of hydrogen-bond donors (Lipinski definition) is 2. The highest BCUT2D eigenvalue weighted by Gasteiger charge is 2.30. The molecule has 0 atom stereocenters. The highest BCUT2D eigenvalue weighted by molar-refractivity contribution is 5.68. The fourth-order valence-electron chi connectivity index (χ4n) is 2.39. The van der Waals surface area contributed by atoms with Gasteiger partial charge in [0.05, 0.1) is 6.42 Å². The molecule has 0 unspecified atom stereocenters. The molecule has 0 heterocycles. The average Bonchev–Trinajstić information content (AvgIpc) is 2.09. The van der Waals surface area contributed by atoms with Crippen LogP contribution in [-0.4, -0.2) is 23.7 Å². The highest BCUT2D eigenvalue weighted by Crippen LogP contribution is 2.28. The summed E-state index contributed by atoms with van der Waals surface area (Å²) in [6.45, 7) is 0. The molecule has 1 aliphatic rings. The number of carbonyl (C=O) groups is 1. The van der Waals surface area contributed by atoms with E-state index in [0.717, 1.165) is 25.7 Å². The standard InChI is InChI=1S/C11H21NO2/c1-12-11(9-10(13)14)7-5-3-2-4-6-8-11/h12H,2-9H2,1H3,(H,13,14). The second-order valence-electron chi connectivity index (χ2n) is 4.37. The van der Waals surface area contributed by atoms with Gasteiger partial charge in [-0.05, 0) is 19.9 Å². The number of nitrogens with one attached hydrogen (secondary N) is 1. The molecule has 1 rings (SSSR count). The van der Waals surface area contributed by atoms with E-state index in [0.29, 0.717) is 0 Å². The third-order valence-corrected chi connectivity index (χ3v) is 3.33. The molecule has 82 valence electrons. The van der Waals surface area contributed by atoms with Crippen LogP contribution in [-0.2, 0) is 4.79 Å². The Labute approximate surface area is 85.9 Å². The second kappa shape index (κ2) is 5.35. The summed E-state index contributed by atoms with van der Waals surface area (Å²) in [5.74, 6) is -0.681. The lowest BCUT2D eigenvalue weighted by Crippen LogP contribution is -2.45. The molecule has 1 fully saturated rings. The van der Waals surface area contributed by atoms with Crippen molar-refractivity contribution >= 4 is 5.97 Å². The Morgan fingerprint density at radius 3 is 2.14 bits per heavy atom. The van der Waals surface area contributed by atoms with Crippen LogP contribution in [0.4, 0.5) is 0 Å². The molecule has 2 N–H and O–H groups in total. The van der Waals surface area contributed by atoms with Crippen LogP contribution in [0.5, 0.6) is 0 Å². The Morgan fingerprint density at radius 2 is 1.71 bits per heavy atom. The van der Waals surface area contributed by atoms with Crippen LogP contribution in [0.1, 0.15) is 51.4 Å². The van der Waals surface area contributed by atoms with Crippen LogP contribution in [0.25, 0.3) is 0 Å². The van der Waals surface area contributed by atoms with Gasteiger partial charge in [-0.3, -0.25) is 4.79 Å². The summed E-state index contributed by atoms with van der Waals surface area (Å²) in [4.78, 5) is 10.8. The summed E-state index contributed by atoms with van der Waals surface area (Å²) >= 11 is 0. The molecule has 0 spiro atoms. The first kappa shape index (κ1) is 11.5. The van der Waals surface area contributed by atoms with Gasteiger partial charge in [0.15, 0.2) is 0 Å². The van der Waals surface area contributed by atoms with Gasteiger partial charge >= 0.3 is 5.97 Å². The van der Waals surface area contributed by atoms with E-state index < -0.39 is 5.97 Å². The van der Waals surface area contributed by atoms with Gasteiger partial charge in [-0.15, -0.1) is 0 Å². The van der Waals surface area contributed by atoms with Crippen molar-refractivity contribution in [3.63, 3.8) is 0 Å². The van der Waals surface area contributed by atoms with Crippen LogP contribution in [0.2, 0.25) is 0 Å². The van der Waals surface area contributed by atoms with Crippen LogP contribution < -0.4 is 5.32 Å². The minimum Gasteiger partial charge on any atom is -0.481 e. The zero-order valence-corrected chi connectivity index (χ0v) is 9.01. The van der Waals surface area contributed by atoms with E-state index in [1.807, 2.05) is 7.05 Å². The van der Waals surface area contributed by atoms with Gasteiger partial charge < -0.3 is 10.4 Å². The molecule has 3 nitrogen and oxygen atoms in total. The maximum absolute atomic E-state index is 10.8. The molecule has 0 saturated heterocycles. The Morgan fingerprint density at radius 1 is 1.21 bits per heavy atom. The summed E-state index contributed by atoms with van der Waals surface area (Å²) in [7, 11) is 1.89. The molecule has 1 saturated carbocycles. The van der Waals surface area contributed by atoms with Crippen molar-refractivity contribution in [1.29, 1.82) is 0 Å². The minimum atomic E-state index is -0.681. The largest absolute Gasteiger partial charge is 0.481 e. The molecule has 0 aliphatic heterocycles. The molecule has 0 radical (unpaired) electrons. The Bertz CT molecular complexity index is 184. The summed E-state index contributed by atoms with van der Waals surface area (Å²) in [5.41, 5.74) is -0.133. The summed E-state index contributed by atoms with van der Waals surface area (Å²) in [6.07, 6.45) is 8.43. The molecule has 0 bridgehead atoms. The molecule has 0 aromatic rings. The van der Waals surface area contributed by atoms with E-state index in [2.05, 4.69) is 5.32 Å². The molecule has 14 heavy (non-hydrogen) atoms. The first-order valence-electron chi connectivity index (χ1n) is 5.59. The Balaban J connectivity index is 2.57. The molecule has 0 aromatic carbocycles. The van der Waals surface area contributed by atoms with Gasteiger partial charge in [0.25, 0.3) is 0 Å². The Hall–Kier alpha value is -0.570. The minimum absolute atomic E-state index is 0.133. The van der Waals surface area contributed by atoms with Crippen molar-refractivity contribution < 1.29 is 9.90 Å². The van der Waals surface area contributed by atoms with E-state index in [1.165, 1.54) is 19.3 Å². The molecule has 1 aliphatic carbocycles. The fraction of sp³-hybridized carbons (Fsp3) is 0.909. The van der Waals surface area contributed by atoms with Crippen LogP contribution in [0.3, 0.4) is 0 Å². The van der Waals surface area contributed by atoms with Gasteiger partial charge in [0.1, 0.15) is 0 Å². The first-order valence-corrected chi connectivity index (χ1v) is 5.59. The topological polar surface area (TPSA) is 49.3 Å². The maximum atomic E-state index is 10.8. The zero-order chi connectivity index (χ0) is 10.4. The van der Waals surface area contributed by atoms with Crippen molar-refractivity contribution in [2.24, 2.45) is 0 Å². The summed E-state index contributed by atoms with van der Waals surface area (Å²) < 4.78 is 0. The zero-order valence-electron chi connectivity index (χ0n) is 9.01. The van der Waals surface area contributed by atoms with E-state index >= 15 is 0 Å². The number of rotatable bonds is 3. The van der Waals surface area contributed by atoms with Crippen molar-refractivity contribution in [2.45, 2.75) is 56.9 Å². The molecular weight excluding hydrogens is 178 g/mol. The second-order valence-corrected chi connectivity index (χ2v) is 4.37. The van der Waals surface area contributed by atoms with E-state index in [1.54, 1.807) is 0 Å². The third-order valence-electron chi connectivity index (χ3n) is 3.33. The van der Waals surface area contributed by atoms with Gasteiger partial charge in [-0.1, -0.05) is 32.1 Å². The quantitative estimate of drug-likeness (QED) is 0.732.